The van der Waals surface area contributed by atoms with Gasteiger partial charge in [0.25, 0.3) is 5.91 Å². The fourth-order valence-electron chi connectivity index (χ4n) is 1.59. The van der Waals surface area contributed by atoms with E-state index in [1.54, 1.807) is 11.0 Å². The Hall–Kier alpha value is -0.460. The molecular weight excluding hydrogens is 328 g/mol. The monoisotopic (exact) mass is 336 g/mol. The second-order valence-electron chi connectivity index (χ2n) is 3.63. The molecule has 0 aliphatic carbocycles. The molecule has 7 heteroatoms. The molecule has 92 valence electrons. The predicted octanol–water partition coefficient (Wildman–Crippen LogP) is 1.70. The van der Waals surface area contributed by atoms with Crippen molar-refractivity contribution < 1.29 is 9.00 Å². The Bertz CT molecular complexity index is 473. The number of hydrogen-bond acceptors (Lipinski definition) is 3. The van der Waals surface area contributed by atoms with Crippen LogP contribution in [0.5, 0.6) is 0 Å². The van der Waals surface area contributed by atoms with Gasteiger partial charge in [-0.15, -0.1) is 0 Å². The van der Waals surface area contributed by atoms with Crippen LogP contribution < -0.4 is 0 Å². The average molecular weight is 338 g/mol. The van der Waals surface area contributed by atoms with Gasteiger partial charge in [-0.05, 0) is 22.0 Å². The Morgan fingerprint density at radius 2 is 2.12 bits per heavy atom. The summed E-state index contributed by atoms with van der Waals surface area (Å²) in [6, 6.07) is 1.61. The third kappa shape index (κ3) is 3.05. The summed E-state index contributed by atoms with van der Waals surface area (Å²) < 4.78 is 11.8. The molecule has 0 bridgehead atoms. The van der Waals surface area contributed by atoms with Gasteiger partial charge in [0.2, 0.25) is 0 Å². The number of amides is 1. The largest absolute Gasteiger partial charge is 0.337 e. The first kappa shape index (κ1) is 13.0. The van der Waals surface area contributed by atoms with Crippen LogP contribution >= 0.6 is 27.5 Å². The summed E-state index contributed by atoms with van der Waals surface area (Å²) in [4.78, 5) is 17.8. The summed E-state index contributed by atoms with van der Waals surface area (Å²) in [6.45, 7) is 1.03. The lowest BCUT2D eigenvalue weighted by Gasteiger charge is -2.26. The van der Waals surface area contributed by atoms with Crippen molar-refractivity contribution in [3.05, 3.63) is 27.5 Å². The van der Waals surface area contributed by atoms with Gasteiger partial charge >= 0.3 is 0 Å². The van der Waals surface area contributed by atoms with Gasteiger partial charge in [0.1, 0.15) is 4.60 Å². The van der Waals surface area contributed by atoms with Crippen molar-refractivity contribution in [2.24, 2.45) is 0 Å². The molecule has 2 rings (SSSR count). The van der Waals surface area contributed by atoms with Crippen molar-refractivity contribution in [1.82, 2.24) is 9.88 Å². The van der Waals surface area contributed by atoms with Crippen molar-refractivity contribution in [3.8, 4) is 0 Å². The molecule has 0 spiro atoms. The molecule has 2 heterocycles. The highest BCUT2D eigenvalue weighted by Crippen LogP contribution is 2.20. The van der Waals surface area contributed by atoms with Gasteiger partial charge in [0.05, 0.1) is 10.6 Å². The van der Waals surface area contributed by atoms with Gasteiger partial charge in [-0.1, -0.05) is 11.6 Å². The minimum absolute atomic E-state index is 0.130. The van der Waals surface area contributed by atoms with Crippen molar-refractivity contribution in [2.45, 2.75) is 0 Å². The molecule has 1 aliphatic rings. The predicted molar refractivity (Wildman–Crippen MR) is 70.7 cm³/mol. The van der Waals surface area contributed by atoms with E-state index in [1.807, 2.05) is 0 Å². The Morgan fingerprint density at radius 1 is 1.47 bits per heavy atom. The minimum atomic E-state index is -0.792. The summed E-state index contributed by atoms with van der Waals surface area (Å²) in [5.41, 5.74) is 0.432. The molecule has 0 N–H and O–H groups in total. The lowest BCUT2D eigenvalue weighted by molar-refractivity contribution is 0.0771. The van der Waals surface area contributed by atoms with Crippen molar-refractivity contribution >= 4 is 44.2 Å². The number of pyridine rings is 1. The molecule has 1 aliphatic heterocycles. The van der Waals surface area contributed by atoms with Crippen LogP contribution in [-0.2, 0) is 10.8 Å². The highest BCUT2D eigenvalue weighted by Gasteiger charge is 2.23. The molecule has 0 atom stereocenters. The lowest BCUT2D eigenvalue weighted by atomic mass is 10.2. The quantitative estimate of drug-likeness (QED) is 0.733. The van der Waals surface area contributed by atoms with Crippen LogP contribution in [0.25, 0.3) is 0 Å². The Morgan fingerprint density at radius 3 is 2.76 bits per heavy atom. The molecule has 1 aromatic rings. The first-order valence-corrected chi connectivity index (χ1v) is 7.69. The molecule has 17 heavy (non-hydrogen) atoms. The highest BCUT2D eigenvalue weighted by molar-refractivity contribution is 9.10. The zero-order valence-electron chi connectivity index (χ0n) is 8.86. The van der Waals surface area contributed by atoms with E-state index in [9.17, 15) is 9.00 Å². The number of aromatic nitrogens is 1. The number of nitrogens with zero attached hydrogens (tertiary/aromatic N) is 2. The number of hydrogen-bond donors (Lipinski definition) is 0. The third-order valence-corrected chi connectivity index (χ3v) is 4.53. The van der Waals surface area contributed by atoms with Gasteiger partial charge in [-0.25, -0.2) is 4.98 Å². The molecule has 0 radical (unpaired) electrons. The van der Waals surface area contributed by atoms with Crippen molar-refractivity contribution in [1.29, 1.82) is 0 Å². The Kier molecular flexibility index (Phi) is 4.17. The van der Waals surface area contributed by atoms with Crippen LogP contribution in [0.4, 0.5) is 0 Å². The third-order valence-electron chi connectivity index (χ3n) is 2.52. The lowest BCUT2D eigenvalue weighted by Crippen LogP contribution is -2.41. The molecule has 0 aromatic carbocycles. The van der Waals surface area contributed by atoms with Crippen LogP contribution in [0.3, 0.4) is 0 Å². The molecule has 1 fully saturated rings. The molecule has 1 aromatic heterocycles. The van der Waals surface area contributed by atoms with Gasteiger partial charge in [-0.3, -0.25) is 9.00 Å². The van der Waals surface area contributed by atoms with E-state index in [-0.39, 0.29) is 5.91 Å². The standard InChI is InChI=1S/C10H10BrClN2O2S/c11-9-5-7(8(12)6-13-9)10(15)14-1-3-17(16)4-2-14/h5-6H,1-4H2. The summed E-state index contributed by atoms with van der Waals surface area (Å²) in [5, 5.41) is 0.338. The van der Waals surface area contributed by atoms with Crippen LogP contribution in [0.15, 0.2) is 16.9 Å². The second kappa shape index (κ2) is 5.46. The van der Waals surface area contributed by atoms with Crippen LogP contribution in [-0.4, -0.2) is 44.6 Å². The highest BCUT2D eigenvalue weighted by atomic mass is 79.9. The zero-order valence-corrected chi connectivity index (χ0v) is 12.0. The first-order valence-electron chi connectivity index (χ1n) is 5.03. The van der Waals surface area contributed by atoms with E-state index in [4.69, 9.17) is 11.6 Å². The molecular formula is C10H10BrClN2O2S. The van der Waals surface area contributed by atoms with E-state index in [2.05, 4.69) is 20.9 Å². The van der Waals surface area contributed by atoms with Crippen LogP contribution in [0.2, 0.25) is 5.02 Å². The molecule has 1 amide bonds. The summed E-state index contributed by atoms with van der Waals surface area (Å²) in [7, 11) is -0.792. The van der Waals surface area contributed by atoms with Gasteiger partial charge in [0.15, 0.2) is 0 Å². The summed E-state index contributed by atoms with van der Waals surface area (Å²) in [6.07, 6.45) is 1.45. The first-order chi connectivity index (χ1) is 8.08. The Labute approximate surface area is 115 Å². The van der Waals surface area contributed by atoms with Gasteiger partial charge in [-0.2, -0.15) is 0 Å². The van der Waals surface area contributed by atoms with E-state index in [0.717, 1.165) is 0 Å². The number of carbonyl (C=O) groups excluding carboxylic acids is 1. The maximum atomic E-state index is 12.2. The normalized spacial score (nSPS) is 17.2. The van der Waals surface area contributed by atoms with E-state index >= 15 is 0 Å². The SMILES string of the molecule is O=C(c1cc(Br)ncc1Cl)N1CCS(=O)CC1. The number of halogens is 2. The molecule has 4 nitrogen and oxygen atoms in total. The number of rotatable bonds is 1. The van der Waals surface area contributed by atoms with Crippen LogP contribution in [0, 0.1) is 0 Å². The fourth-order valence-corrected chi connectivity index (χ4v) is 3.16. The molecule has 1 saturated heterocycles. The van der Waals surface area contributed by atoms with E-state index in [1.165, 1.54) is 6.20 Å². The average Bonchev–Trinajstić information content (AvgIpc) is 2.32. The minimum Gasteiger partial charge on any atom is -0.337 e. The second-order valence-corrected chi connectivity index (χ2v) is 6.54. The fraction of sp³-hybridized carbons (Fsp3) is 0.400. The maximum Gasteiger partial charge on any atom is 0.255 e. The molecule has 0 saturated carbocycles. The number of carbonyl (C=O) groups is 1. The molecule has 0 unspecified atom stereocenters. The topological polar surface area (TPSA) is 50.3 Å². The zero-order chi connectivity index (χ0) is 12.4. The summed E-state index contributed by atoms with van der Waals surface area (Å²) >= 11 is 9.16. The summed E-state index contributed by atoms with van der Waals surface area (Å²) in [5.74, 6) is 0.945. The Balaban J connectivity index is 2.19. The smallest absolute Gasteiger partial charge is 0.255 e. The maximum absolute atomic E-state index is 12.2. The van der Waals surface area contributed by atoms with E-state index in [0.29, 0.717) is 39.8 Å². The van der Waals surface area contributed by atoms with Crippen molar-refractivity contribution in [2.75, 3.05) is 24.6 Å². The van der Waals surface area contributed by atoms with E-state index < -0.39 is 10.8 Å². The van der Waals surface area contributed by atoms with Crippen LogP contribution in [0.1, 0.15) is 10.4 Å². The van der Waals surface area contributed by atoms with Gasteiger partial charge < -0.3 is 4.90 Å². The van der Waals surface area contributed by atoms with Crippen molar-refractivity contribution in [3.63, 3.8) is 0 Å². The van der Waals surface area contributed by atoms with Gasteiger partial charge in [0, 0.05) is 41.6 Å².